The number of rotatable bonds is 10. The number of nitrogens with one attached hydrogen (secondary N) is 2. The zero-order valence-electron chi connectivity index (χ0n) is 16.0. The second-order valence-electron chi connectivity index (χ2n) is 6.87. The number of aliphatic carboxylic acids is 2. The van der Waals surface area contributed by atoms with Crippen molar-refractivity contribution >= 4 is 29.7 Å². The molecule has 1 saturated heterocycles. The van der Waals surface area contributed by atoms with Crippen molar-refractivity contribution in [3.8, 4) is 0 Å². The van der Waals surface area contributed by atoms with E-state index in [9.17, 15) is 24.0 Å². The van der Waals surface area contributed by atoms with Crippen LogP contribution in [0.2, 0.25) is 0 Å². The van der Waals surface area contributed by atoms with Crippen molar-refractivity contribution < 1.29 is 34.2 Å². The first-order valence-corrected chi connectivity index (χ1v) is 9.16. The van der Waals surface area contributed by atoms with Crippen LogP contribution in [0, 0.1) is 5.92 Å². The third-order valence-electron chi connectivity index (χ3n) is 4.81. The number of nitrogens with two attached hydrogens (primary N) is 1. The number of carbonyl (C=O) groups is 5. The molecular formula is C17H28N4O7. The largest absolute Gasteiger partial charge is 0.481 e. The first kappa shape index (κ1) is 23.3. The van der Waals surface area contributed by atoms with Crippen LogP contribution in [-0.4, -0.2) is 76.0 Å². The van der Waals surface area contributed by atoms with Crippen LogP contribution in [0.5, 0.6) is 0 Å². The van der Waals surface area contributed by atoms with Crippen LogP contribution in [0.15, 0.2) is 0 Å². The molecule has 6 N–H and O–H groups in total. The fourth-order valence-corrected chi connectivity index (χ4v) is 2.93. The fourth-order valence-electron chi connectivity index (χ4n) is 2.93. The molecule has 4 unspecified atom stereocenters. The maximum absolute atomic E-state index is 12.6. The van der Waals surface area contributed by atoms with Crippen LogP contribution in [0.4, 0.5) is 0 Å². The highest BCUT2D eigenvalue weighted by molar-refractivity contribution is 5.95. The summed E-state index contributed by atoms with van der Waals surface area (Å²) in [6, 6.07) is -3.07. The summed E-state index contributed by atoms with van der Waals surface area (Å²) in [6.45, 7) is 3.38. The van der Waals surface area contributed by atoms with Gasteiger partial charge in [0.2, 0.25) is 17.7 Å². The average molecular weight is 400 g/mol. The lowest BCUT2D eigenvalue weighted by Crippen LogP contribution is -2.56. The molecule has 0 saturated carbocycles. The van der Waals surface area contributed by atoms with Gasteiger partial charge in [-0.15, -0.1) is 0 Å². The van der Waals surface area contributed by atoms with E-state index in [1.165, 1.54) is 4.90 Å². The van der Waals surface area contributed by atoms with Crippen molar-refractivity contribution in [2.24, 2.45) is 11.7 Å². The molecule has 4 atom stereocenters. The summed E-state index contributed by atoms with van der Waals surface area (Å²) >= 11 is 0. The van der Waals surface area contributed by atoms with Gasteiger partial charge in [0.15, 0.2) is 0 Å². The van der Waals surface area contributed by atoms with E-state index >= 15 is 0 Å². The van der Waals surface area contributed by atoms with Gasteiger partial charge in [0.05, 0.1) is 12.5 Å². The van der Waals surface area contributed by atoms with E-state index in [-0.39, 0.29) is 11.8 Å². The second kappa shape index (κ2) is 10.6. The van der Waals surface area contributed by atoms with Gasteiger partial charge in [-0.2, -0.15) is 0 Å². The summed E-state index contributed by atoms with van der Waals surface area (Å²) in [6.07, 6.45) is 0.916. The third-order valence-corrected chi connectivity index (χ3v) is 4.81. The van der Waals surface area contributed by atoms with Crippen LogP contribution in [0.3, 0.4) is 0 Å². The lowest BCUT2D eigenvalue weighted by atomic mass is 9.98. The Morgan fingerprint density at radius 3 is 2.36 bits per heavy atom. The molecule has 0 aromatic heterocycles. The number of hydrogen-bond acceptors (Lipinski definition) is 6. The minimum Gasteiger partial charge on any atom is -0.481 e. The molecule has 158 valence electrons. The Bertz CT molecular complexity index is 625. The van der Waals surface area contributed by atoms with E-state index in [1.807, 2.05) is 19.2 Å². The first-order valence-electron chi connectivity index (χ1n) is 9.16. The van der Waals surface area contributed by atoms with E-state index < -0.39 is 54.8 Å². The van der Waals surface area contributed by atoms with Crippen molar-refractivity contribution in [1.82, 2.24) is 15.5 Å². The number of nitrogens with zero attached hydrogens (tertiary/aromatic N) is 1. The topological polar surface area (TPSA) is 179 Å². The normalized spacial score (nSPS) is 19.4. The van der Waals surface area contributed by atoms with Gasteiger partial charge in [-0.05, 0) is 18.8 Å². The van der Waals surface area contributed by atoms with Crippen molar-refractivity contribution in [1.29, 1.82) is 0 Å². The van der Waals surface area contributed by atoms with Gasteiger partial charge in [0.1, 0.15) is 18.6 Å². The SMILES string of the molecule is CCC(C)C(N)C(=O)N1CCCC1C(=O)NC(CC(=O)O)C(=O)NCC(=O)O. The Balaban J connectivity index is 2.84. The summed E-state index contributed by atoms with van der Waals surface area (Å²) < 4.78 is 0. The summed E-state index contributed by atoms with van der Waals surface area (Å²) in [7, 11) is 0. The van der Waals surface area contributed by atoms with Gasteiger partial charge in [0, 0.05) is 6.54 Å². The summed E-state index contributed by atoms with van der Waals surface area (Å²) in [5.41, 5.74) is 5.98. The first-order chi connectivity index (χ1) is 13.1. The molecule has 11 heteroatoms. The molecule has 0 radical (unpaired) electrons. The lowest BCUT2D eigenvalue weighted by Gasteiger charge is -2.29. The average Bonchev–Trinajstić information content (AvgIpc) is 3.12. The molecule has 11 nitrogen and oxygen atoms in total. The van der Waals surface area contributed by atoms with Crippen LogP contribution in [-0.2, 0) is 24.0 Å². The van der Waals surface area contributed by atoms with Crippen molar-refractivity contribution in [2.45, 2.75) is 57.7 Å². The molecule has 0 aliphatic carbocycles. The van der Waals surface area contributed by atoms with E-state index in [0.29, 0.717) is 25.8 Å². The quantitative estimate of drug-likeness (QED) is 0.294. The van der Waals surface area contributed by atoms with Gasteiger partial charge >= 0.3 is 11.9 Å². The fraction of sp³-hybridized carbons (Fsp3) is 0.706. The highest BCUT2D eigenvalue weighted by Gasteiger charge is 2.38. The molecule has 0 bridgehead atoms. The zero-order chi connectivity index (χ0) is 21.4. The van der Waals surface area contributed by atoms with Gasteiger partial charge in [-0.1, -0.05) is 20.3 Å². The number of hydrogen-bond donors (Lipinski definition) is 5. The Hall–Kier alpha value is -2.69. The highest BCUT2D eigenvalue weighted by Crippen LogP contribution is 2.20. The molecule has 1 aliphatic rings. The molecule has 28 heavy (non-hydrogen) atoms. The standard InChI is InChI=1S/C17H28N4O7/c1-3-9(2)14(18)17(28)21-6-4-5-11(21)16(27)20-10(7-12(22)23)15(26)19-8-13(24)25/h9-11,14H,3-8,18H2,1-2H3,(H,19,26)(H,20,27)(H,22,23)(H,24,25). The Kier molecular flexibility index (Phi) is 8.83. The van der Waals surface area contributed by atoms with E-state index in [1.54, 1.807) is 0 Å². The van der Waals surface area contributed by atoms with Gasteiger partial charge in [-0.3, -0.25) is 24.0 Å². The third kappa shape index (κ3) is 6.48. The van der Waals surface area contributed by atoms with Crippen LogP contribution in [0.1, 0.15) is 39.5 Å². The molecule has 0 aromatic carbocycles. The molecule has 1 heterocycles. The number of carbonyl (C=O) groups excluding carboxylic acids is 3. The monoisotopic (exact) mass is 400 g/mol. The molecule has 1 rings (SSSR count). The van der Waals surface area contributed by atoms with Crippen molar-refractivity contribution in [2.75, 3.05) is 13.1 Å². The molecular weight excluding hydrogens is 372 g/mol. The molecule has 3 amide bonds. The summed E-state index contributed by atoms with van der Waals surface area (Å²) in [5.74, 6) is -4.67. The summed E-state index contributed by atoms with van der Waals surface area (Å²) in [4.78, 5) is 60.2. The number of likely N-dealkylation sites (tertiary alicyclic amines) is 1. The van der Waals surface area contributed by atoms with Gasteiger partial charge in [-0.25, -0.2) is 0 Å². The molecule has 0 spiro atoms. The second-order valence-corrected chi connectivity index (χ2v) is 6.87. The van der Waals surface area contributed by atoms with Gasteiger partial charge < -0.3 is 31.5 Å². The van der Waals surface area contributed by atoms with Crippen LogP contribution >= 0.6 is 0 Å². The molecule has 1 aliphatic heterocycles. The zero-order valence-corrected chi connectivity index (χ0v) is 16.0. The highest BCUT2D eigenvalue weighted by atomic mass is 16.4. The number of carboxylic acid groups (broad SMARTS) is 2. The van der Waals surface area contributed by atoms with Gasteiger partial charge in [0.25, 0.3) is 0 Å². The van der Waals surface area contributed by atoms with E-state index in [4.69, 9.17) is 15.9 Å². The molecule has 1 fully saturated rings. The Labute approximate surface area is 162 Å². The lowest BCUT2D eigenvalue weighted by molar-refractivity contribution is -0.143. The maximum Gasteiger partial charge on any atom is 0.322 e. The predicted molar refractivity (Wildman–Crippen MR) is 97.0 cm³/mol. The Morgan fingerprint density at radius 1 is 1.18 bits per heavy atom. The van der Waals surface area contributed by atoms with Crippen LogP contribution in [0.25, 0.3) is 0 Å². The van der Waals surface area contributed by atoms with E-state index in [0.717, 1.165) is 0 Å². The smallest absolute Gasteiger partial charge is 0.322 e. The van der Waals surface area contributed by atoms with Crippen molar-refractivity contribution in [3.05, 3.63) is 0 Å². The maximum atomic E-state index is 12.6. The minimum absolute atomic E-state index is 0.0710. The van der Waals surface area contributed by atoms with E-state index in [2.05, 4.69) is 5.32 Å². The number of amides is 3. The minimum atomic E-state index is -1.45. The Morgan fingerprint density at radius 2 is 1.82 bits per heavy atom. The summed E-state index contributed by atoms with van der Waals surface area (Å²) in [5, 5.41) is 21.9. The predicted octanol–water partition coefficient (Wildman–Crippen LogP) is -1.49. The van der Waals surface area contributed by atoms with Crippen molar-refractivity contribution in [3.63, 3.8) is 0 Å². The molecule has 0 aromatic rings. The van der Waals surface area contributed by atoms with Crippen LogP contribution < -0.4 is 16.4 Å². The number of carboxylic acids is 2.